The molecule has 1 heterocycles. The quantitative estimate of drug-likeness (QED) is 0.816. The van der Waals surface area contributed by atoms with Gasteiger partial charge in [0.15, 0.2) is 0 Å². The average Bonchev–Trinajstić information content (AvgIpc) is 2.24. The molecule has 1 saturated carbocycles. The molecule has 1 aliphatic rings. The Labute approximate surface area is 96.7 Å². The van der Waals surface area contributed by atoms with Crippen LogP contribution in [0.2, 0.25) is 0 Å². The zero-order valence-corrected chi connectivity index (χ0v) is 10.1. The number of hydrogen-bond acceptors (Lipinski definition) is 4. The summed E-state index contributed by atoms with van der Waals surface area (Å²) in [5, 5.41) is 3.42. The van der Waals surface area contributed by atoms with Gasteiger partial charge in [-0.15, -0.1) is 0 Å². The highest BCUT2D eigenvalue weighted by Crippen LogP contribution is 2.40. The minimum absolute atomic E-state index is 0.449. The minimum Gasteiger partial charge on any atom is -0.383 e. The Morgan fingerprint density at radius 1 is 1.44 bits per heavy atom. The molecule has 1 fully saturated rings. The van der Waals surface area contributed by atoms with Gasteiger partial charge in [0, 0.05) is 12.1 Å². The van der Waals surface area contributed by atoms with E-state index in [-0.39, 0.29) is 0 Å². The summed E-state index contributed by atoms with van der Waals surface area (Å²) in [6.45, 7) is 5.38. The maximum atomic E-state index is 5.83. The molecule has 0 amide bonds. The third-order valence-corrected chi connectivity index (χ3v) is 3.58. The van der Waals surface area contributed by atoms with Crippen LogP contribution in [-0.4, -0.2) is 16.5 Å². The Kier molecular flexibility index (Phi) is 2.99. The second-order valence-corrected chi connectivity index (χ2v) is 4.96. The van der Waals surface area contributed by atoms with Crippen molar-refractivity contribution < 1.29 is 0 Å². The molecule has 0 atom stereocenters. The van der Waals surface area contributed by atoms with E-state index in [0.29, 0.717) is 11.2 Å². The first kappa shape index (κ1) is 11.2. The summed E-state index contributed by atoms with van der Waals surface area (Å²) < 4.78 is 0. The molecule has 0 bridgehead atoms. The topological polar surface area (TPSA) is 63.8 Å². The van der Waals surface area contributed by atoms with Gasteiger partial charge in [0.1, 0.15) is 18.0 Å². The highest BCUT2D eigenvalue weighted by molar-refractivity contribution is 5.54. The molecule has 1 aromatic rings. The van der Waals surface area contributed by atoms with E-state index in [2.05, 4.69) is 29.1 Å². The van der Waals surface area contributed by atoms with Crippen molar-refractivity contribution in [2.75, 3.05) is 17.6 Å². The first-order valence-corrected chi connectivity index (χ1v) is 5.98. The molecule has 1 aliphatic carbocycles. The lowest BCUT2D eigenvalue weighted by Gasteiger charge is -2.38. The zero-order valence-electron chi connectivity index (χ0n) is 10.1. The molecule has 0 aliphatic heterocycles. The van der Waals surface area contributed by atoms with Crippen molar-refractivity contribution in [1.29, 1.82) is 0 Å². The average molecular weight is 220 g/mol. The molecule has 0 unspecified atom stereocenters. The number of anilines is 2. The second-order valence-electron chi connectivity index (χ2n) is 4.96. The third kappa shape index (κ3) is 2.10. The van der Waals surface area contributed by atoms with E-state index in [1.165, 1.54) is 25.6 Å². The van der Waals surface area contributed by atoms with Gasteiger partial charge in [0.05, 0.1) is 0 Å². The fourth-order valence-corrected chi connectivity index (χ4v) is 2.18. The monoisotopic (exact) mass is 220 g/mol. The minimum atomic E-state index is 0.449. The molecule has 4 nitrogen and oxygen atoms in total. The molecule has 16 heavy (non-hydrogen) atoms. The zero-order chi connectivity index (χ0) is 11.6. The van der Waals surface area contributed by atoms with Gasteiger partial charge in [-0.05, 0) is 24.7 Å². The van der Waals surface area contributed by atoms with E-state index in [0.717, 1.165) is 24.3 Å². The van der Waals surface area contributed by atoms with E-state index in [1.54, 1.807) is 0 Å². The fraction of sp³-hybridized carbons (Fsp3) is 0.667. The fourth-order valence-electron chi connectivity index (χ4n) is 2.18. The summed E-state index contributed by atoms with van der Waals surface area (Å²) in [7, 11) is 0. The molecule has 0 spiro atoms. The van der Waals surface area contributed by atoms with Crippen molar-refractivity contribution in [2.24, 2.45) is 5.41 Å². The van der Waals surface area contributed by atoms with Gasteiger partial charge in [-0.2, -0.15) is 0 Å². The van der Waals surface area contributed by atoms with Crippen molar-refractivity contribution in [3.63, 3.8) is 0 Å². The molecule has 3 N–H and O–H groups in total. The van der Waals surface area contributed by atoms with Crippen molar-refractivity contribution in [3.05, 3.63) is 11.9 Å². The Bertz CT molecular complexity index is 371. The van der Waals surface area contributed by atoms with Crippen LogP contribution in [-0.2, 0) is 6.42 Å². The second kappa shape index (κ2) is 4.28. The van der Waals surface area contributed by atoms with Crippen LogP contribution in [0.5, 0.6) is 0 Å². The number of nitrogens with one attached hydrogen (secondary N) is 1. The Hall–Kier alpha value is -1.32. The predicted molar refractivity (Wildman–Crippen MR) is 66.3 cm³/mol. The van der Waals surface area contributed by atoms with Crippen LogP contribution in [0.1, 0.15) is 38.7 Å². The van der Waals surface area contributed by atoms with E-state index in [4.69, 9.17) is 5.73 Å². The van der Waals surface area contributed by atoms with Gasteiger partial charge >= 0.3 is 0 Å². The standard InChI is InChI=1S/C12H20N4/c1-3-9-10(13)15-8-16-11(9)14-7-12(2)5-4-6-12/h8H,3-7H2,1-2H3,(H3,13,14,15,16). The van der Waals surface area contributed by atoms with Gasteiger partial charge in [0.2, 0.25) is 0 Å². The first-order chi connectivity index (χ1) is 7.64. The van der Waals surface area contributed by atoms with Crippen LogP contribution < -0.4 is 11.1 Å². The lowest BCUT2D eigenvalue weighted by molar-refractivity contribution is 0.180. The van der Waals surface area contributed by atoms with Crippen LogP contribution in [0.25, 0.3) is 0 Å². The number of nitrogen functional groups attached to an aromatic ring is 1. The summed E-state index contributed by atoms with van der Waals surface area (Å²) in [5.41, 5.74) is 7.31. The Morgan fingerprint density at radius 3 is 2.75 bits per heavy atom. The molecule has 88 valence electrons. The molecule has 0 saturated heterocycles. The molecular formula is C12H20N4. The van der Waals surface area contributed by atoms with Crippen LogP contribution in [0, 0.1) is 5.41 Å². The van der Waals surface area contributed by atoms with Gasteiger partial charge in [-0.1, -0.05) is 20.3 Å². The Balaban J connectivity index is 2.06. The number of aromatic nitrogens is 2. The summed E-state index contributed by atoms with van der Waals surface area (Å²) >= 11 is 0. The largest absolute Gasteiger partial charge is 0.383 e. The van der Waals surface area contributed by atoms with Crippen LogP contribution in [0.3, 0.4) is 0 Å². The first-order valence-electron chi connectivity index (χ1n) is 5.98. The van der Waals surface area contributed by atoms with Crippen LogP contribution in [0.15, 0.2) is 6.33 Å². The van der Waals surface area contributed by atoms with Crippen LogP contribution in [0.4, 0.5) is 11.6 Å². The van der Waals surface area contributed by atoms with Gasteiger partial charge in [0.25, 0.3) is 0 Å². The smallest absolute Gasteiger partial charge is 0.134 e. The summed E-state index contributed by atoms with van der Waals surface area (Å²) in [5.74, 6) is 1.50. The lowest BCUT2D eigenvalue weighted by atomic mass is 9.70. The number of rotatable bonds is 4. The molecule has 0 aromatic carbocycles. The van der Waals surface area contributed by atoms with Crippen molar-refractivity contribution in [3.8, 4) is 0 Å². The van der Waals surface area contributed by atoms with Crippen LogP contribution >= 0.6 is 0 Å². The third-order valence-electron chi connectivity index (χ3n) is 3.58. The highest BCUT2D eigenvalue weighted by Gasteiger charge is 2.31. The summed E-state index contributed by atoms with van der Waals surface area (Å²) in [4.78, 5) is 8.29. The predicted octanol–water partition coefficient (Wildman–Crippen LogP) is 2.22. The molecule has 1 aromatic heterocycles. The maximum absolute atomic E-state index is 5.83. The van der Waals surface area contributed by atoms with E-state index in [9.17, 15) is 0 Å². The molecule has 0 radical (unpaired) electrons. The lowest BCUT2D eigenvalue weighted by Crippen LogP contribution is -2.33. The van der Waals surface area contributed by atoms with Gasteiger partial charge in [-0.25, -0.2) is 9.97 Å². The van der Waals surface area contributed by atoms with Crippen molar-refractivity contribution >= 4 is 11.6 Å². The van der Waals surface area contributed by atoms with E-state index in [1.807, 2.05) is 0 Å². The SMILES string of the molecule is CCc1c(N)ncnc1NCC1(C)CCC1. The highest BCUT2D eigenvalue weighted by atomic mass is 15.0. The van der Waals surface area contributed by atoms with Gasteiger partial charge < -0.3 is 11.1 Å². The van der Waals surface area contributed by atoms with Crippen molar-refractivity contribution in [2.45, 2.75) is 39.5 Å². The van der Waals surface area contributed by atoms with E-state index < -0.39 is 0 Å². The van der Waals surface area contributed by atoms with Gasteiger partial charge in [-0.3, -0.25) is 0 Å². The molecule has 2 rings (SSSR count). The molecule has 4 heteroatoms. The molecular weight excluding hydrogens is 200 g/mol. The van der Waals surface area contributed by atoms with E-state index >= 15 is 0 Å². The maximum Gasteiger partial charge on any atom is 0.134 e. The normalized spacial score (nSPS) is 17.9. The number of hydrogen-bond donors (Lipinski definition) is 2. The van der Waals surface area contributed by atoms with Crippen molar-refractivity contribution in [1.82, 2.24) is 9.97 Å². The Morgan fingerprint density at radius 2 is 2.19 bits per heavy atom. The number of nitrogens with zero attached hydrogens (tertiary/aromatic N) is 2. The summed E-state index contributed by atoms with van der Waals surface area (Å²) in [6, 6.07) is 0. The summed E-state index contributed by atoms with van der Waals surface area (Å²) in [6.07, 6.45) is 6.36. The number of nitrogens with two attached hydrogens (primary N) is 1.